The molecule has 1 atom stereocenters. The number of nitrogens with zero attached hydrogens (tertiary/aromatic N) is 3. The van der Waals surface area contributed by atoms with Crippen LogP contribution < -0.4 is 4.90 Å². The van der Waals surface area contributed by atoms with Gasteiger partial charge in [-0.15, -0.1) is 0 Å². The predicted molar refractivity (Wildman–Crippen MR) is 127 cm³/mol. The molecule has 1 N–H and O–H groups in total. The van der Waals surface area contributed by atoms with Crippen LogP contribution in [0.3, 0.4) is 0 Å². The second kappa shape index (κ2) is 8.79. The Morgan fingerprint density at radius 1 is 1.00 bits per heavy atom. The highest BCUT2D eigenvalue weighted by Crippen LogP contribution is 2.32. The van der Waals surface area contributed by atoms with Crippen LogP contribution in [0.2, 0.25) is 0 Å². The van der Waals surface area contributed by atoms with Gasteiger partial charge in [-0.25, -0.2) is 0 Å². The van der Waals surface area contributed by atoms with Crippen molar-refractivity contribution in [2.24, 2.45) is 0 Å². The number of aromatic nitrogens is 1. The van der Waals surface area contributed by atoms with Crippen molar-refractivity contribution in [2.75, 3.05) is 38.1 Å². The zero-order chi connectivity index (χ0) is 22.1. The van der Waals surface area contributed by atoms with Gasteiger partial charge < -0.3 is 14.8 Å². The lowest BCUT2D eigenvalue weighted by atomic mass is 9.93. The number of carbonyl (C=O) groups is 2. The molecule has 0 bridgehead atoms. The van der Waals surface area contributed by atoms with Crippen molar-refractivity contribution in [3.8, 4) is 0 Å². The number of aromatic amines is 1. The third-order valence-electron chi connectivity index (χ3n) is 6.90. The Labute approximate surface area is 188 Å². The summed E-state index contributed by atoms with van der Waals surface area (Å²) in [5.41, 5.74) is 4.27. The van der Waals surface area contributed by atoms with E-state index in [-0.39, 0.29) is 11.8 Å². The van der Waals surface area contributed by atoms with Gasteiger partial charge in [0.15, 0.2) is 0 Å². The second-order valence-corrected chi connectivity index (χ2v) is 8.93. The molecule has 32 heavy (non-hydrogen) atoms. The first-order valence-electron chi connectivity index (χ1n) is 11.5. The standard InChI is InChI=1S/C26H30N4O2/c1-28-14-16-29(17-15-28)26(32)24-12-10-19-6-2-5-9-23(19)30(24)25(31)13-11-20-18-27-22-8-4-3-7-21(20)22/h2-9,18,24,27H,10-17H2,1H3/t24-/m0/s1. The average Bonchev–Trinajstić information content (AvgIpc) is 3.25. The van der Waals surface area contributed by atoms with Gasteiger partial charge in [0.2, 0.25) is 11.8 Å². The Kier molecular flexibility index (Phi) is 5.70. The highest BCUT2D eigenvalue weighted by molar-refractivity contribution is 6.02. The van der Waals surface area contributed by atoms with Crippen molar-refractivity contribution in [1.29, 1.82) is 0 Å². The van der Waals surface area contributed by atoms with Crippen molar-refractivity contribution < 1.29 is 9.59 Å². The Morgan fingerprint density at radius 2 is 1.75 bits per heavy atom. The minimum absolute atomic E-state index is 0.0231. The summed E-state index contributed by atoms with van der Waals surface area (Å²) in [6.07, 6.45) is 4.53. The smallest absolute Gasteiger partial charge is 0.245 e. The van der Waals surface area contributed by atoms with Crippen LogP contribution >= 0.6 is 0 Å². The van der Waals surface area contributed by atoms with Gasteiger partial charge in [0.1, 0.15) is 6.04 Å². The van der Waals surface area contributed by atoms with Crippen LogP contribution in [0.1, 0.15) is 24.0 Å². The van der Waals surface area contributed by atoms with E-state index in [1.165, 1.54) is 0 Å². The molecule has 0 spiro atoms. The Balaban J connectivity index is 1.38. The highest BCUT2D eigenvalue weighted by Gasteiger charge is 2.38. The molecule has 1 fully saturated rings. The average molecular weight is 431 g/mol. The molecule has 3 aromatic rings. The number of aryl methyl sites for hydroxylation is 2. The quantitative estimate of drug-likeness (QED) is 0.691. The SMILES string of the molecule is CN1CCN(C(=O)[C@@H]2CCc3ccccc3N2C(=O)CCc2c[nH]c3ccccc23)CC1. The van der Waals surface area contributed by atoms with Gasteiger partial charge in [0.05, 0.1) is 0 Å². The highest BCUT2D eigenvalue weighted by atomic mass is 16.2. The van der Waals surface area contributed by atoms with E-state index in [1.807, 2.05) is 47.5 Å². The van der Waals surface area contributed by atoms with Crippen LogP contribution in [0.4, 0.5) is 5.69 Å². The summed E-state index contributed by atoms with van der Waals surface area (Å²) in [6.45, 7) is 3.21. The molecule has 166 valence electrons. The summed E-state index contributed by atoms with van der Waals surface area (Å²) in [5.74, 6) is 0.114. The predicted octanol–water partition coefficient (Wildman–Crippen LogP) is 3.22. The van der Waals surface area contributed by atoms with Crippen LogP contribution in [0.5, 0.6) is 0 Å². The molecule has 2 aliphatic rings. The first kappa shape index (κ1) is 20.8. The molecule has 6 nitrogen and oxygen atoms in total. The number of H-pyrrole nitrogens is 1. The van der Waals surface area contributed by atoms with E-state index in [1.54, 1.807) is 4.90 Å². The lowest BCUT2D eigenvalue weighted by Gasteiger charge is -2.41. The van der Waals surface area contributed by atoms with E-state index in [4.69, 9.17) is 0 Å². The fourth-order valence-electron chi connectivity index (χ4n) is 5.03. The summed E-state index contributed by atoms with van der Waals surface area (Å²) < 4.78 is 0. The fraction of sp³-hybridized carbons (Fsp3) is 0.385. The largest absolute Gasteiger partial charge is 0.361 e. The lowest BCUT2D eigenvalue weighted by molar-refractivity contribution is -0.136. The molecule has 0 aliphatic carbocycles. The molecule has 2 amide bonds. The van der Waals surface area contributed by atoms with Gasteiger partial charge in [0, 0.05) is 55.4 Å². The van der Waals surface area contributed by atoms with E-state index in [0.717, 1.165) is 60.3 Å². The third kappa shape index (κ3) is 3.91. The van der Waals surface area contributed by atoms with Crippen LogP contribution in [-0.4, -0.2) is 65.9 Å². The Hall–Kier alpha value is -3.12. The van der Waals surface area contributed by atoms with Gasteiger partial charge in [-0.05, 0) is 49.6 Å². The number of amides is 2. The van der Waals surface area contributed by atoms with Crippen molar-refractivity contribution in [2.45, 2.75) is 31.7 Å². The van der Waals surface area contributed by atoms with E-state index in [2.05, 4.69) is 29.1 Å². The van der Waals surface area contributed by atoms with Crippen molar-refractivity contribution >= 4 is 28.4 Å². The second-order valence-electron chi connectivity index (χ2n) is 8.93. The molecular weight excluding hydrogens is 400 g/mol. The van der Waals surface area contributed by atoms with Gasteiger partial charge in [0.25, 0.3) is 0 Å². The monoisotopic (exact) mass is 430 g/mol. The number of piperazine rings is 1. The molecule has 6 heteroatoms. The Bertz CT molecular complexity index is 1130. The zero-order valence-corrected chi connectivity index (χ0v) is 18.6. The van der Waals surface area contributed by atoms with Gasteiger partial charge >= 0.3 is 0 Å². The van der Waals surface area contributed by atoms with Gasteiger partial charge in [-0.1, -0.05) is 36.4 Å². The molecular formula is C26H30N4O2. The number of benzene rings is 2. The number of para-hydroxylation sites is 2. The number of fused-ring (bicyclic) bond motifs is 2. The summed E-state index contributed by atoms with van der Waals surface area (Å²) >= 11 is 0. The zero-order valence-electron chi connectivity index (χ0n) is 18.6. The summed E-state index contributed by atoms with van der Waals surface area (Å²) in [5, 5.41) is 1.16. The maximum atomic E-state index is 13.6. The number of nitrogens with one attached hydrogen (secondary N) is 1. The molecule has 2 aromatic carbocycles. The maximum Gasteiger partial charge on any atom is 0.245 e. The molecule has 0 radical (unpaired) electrons. The maximum absolute atomic E-state index is 13.6. The molecule has 5 rings (SSSR count). The summed E-state index contributed by atoms with van der Waals surface area (Å²) in [6, 6.07) is 15.8. The van der Waals surface area contributed by atoms with Crippen molar-refractivity contribution in [3.05, 3.63) is 65.9 Å². The van der Waals surface area contributed by atoms with E-state index >= 15 is 0 Å². The normalized spacial score (nSPS) is 19.2. The number of rotatable bonds is 4. The van der Waals surface area contributed by atoms with Gasteiger partial charge in [-0.3, -0.25) is 14.5 Å². The van der Waals surface area contributed by atoms with E-state index in [9.17, 15) is 9.59 Å². The molecule has 0 unspecified atom stereocenters. The molecule has 2 aliphatic heterocycles. The first-order chi connectivity index (χ1) is 15.6. The number of carbonyl (C=O) groups excluding carboxylic acids is 2. The first-order valence-corrected chi connectivity index (χ1v) is 11.5. The number of hydrogen-bond acceptors (Lipinski definition) is 3. The fourth-order valence-corrected chi connectivity index (χ4v) is 5.03. The Morgan fingerprint density at radius 3 is 2.59 bits per heavy atom. The molecule has 3 heterocycles. The molecule has 1 aromatic heterocycles. The van der Waals surface area contributed by atoms with Crippen molar-refractivity contribution in [3.63, 3.8) is 0 Å². The number of anilines is 1. The van der Waals surface area contributed by atoms with Crippen LogP contribution in [0.25, 0.3) is 10.9 Å². The number of hydrogen-bond donors (Lipinski definition) is 1. The molecule has 1 saturated heterocycles. The van der Waals surface area contributed by atoms with Crippen LogP contribution in [-0.2, 0) is 22.4 Å². The van der Waals surface area contributed by atoms with E-state index < -0.39 is 6.04 Å². The summed E-state index contributed by atoms with van der Waals surface area (Å²) in [4.78, 5) is 36.4. The van der Waals surface area contributed by atoms with Crippen LogP contribution in [0, 0.1) is 0 Å². The molecule has 0 saturated carbocycles. The minimum atomic E-state index is -0.413. The minimum Gasteiger partial charge on any atom is -0.361 e. The number of likely N-dealkylation sites (N-methyl/N-ethyl adjacent to an activating group) is 1. The lowest BCUT2D eigenvalue weighted by Crippen LogP contribution is -2.57. The summed E-state index contributed by atoms with van der Waals surface area (Å²) in [7, 11) is 2.08. The van der Waals surface area contributed by atoms with Crippen LogP contribution in [0.15, 0.2) is 54.7 Å². The topological polar surface area (TPSA) is 59.6 Å². The third-order valence-corrected chi connectivity index (χ3v) is 6.90. The van der Waals surface area contributed by atoms with Gasteiger partial charge in [-0.2, -0.15) is 0 Å². The van der Waals surface area contributed by atoms with Crippen molar-refractivity contribution in [1.82, 2.24) is 14.8 Å². The van der Waals surface area contributed by atoms with E-state index in [0.29, 0.717) is 19.3 Å².